The summed E-state index contributed by atoms with van der Waals surface area (Å²) in [5.74, 6) is -1.08. The number of furan rings is 1. The van der Waals surface area contributed by atoms with Crippen LogP contribution in [0.1, 0.15) is 29.3 Å². The van der Waals surface area contributed by atoms with Gasteiger partial charge in [0.05, 0.1) is 25.9 Å². The number of benzene rings is 2. The fourth-order valence-corrected chi connectivity index (χ4v) is 3.27. The van der Waals surface area contributed by atoms with Crippen LogP contribution in [0.4, 0.5) is 0 Å². The van der Waals surface area contributed by atoms with Crippen LogP contribution in [-0.2, 0) is 11.2 Å². The van der Waals surface area contributed by atoms with E-state index in [0.717, 1.165) is 5.56 Å². The SMILES string of the molecule is COc1c(C(C)=O)c(OC(CCc2ccccc2)C(=O)O)c(OC)c2occc12. The highest BCUT2D eigenvalue weighted by atomic mass is 16.5. The maximum Gasteiger partial charge on any atom is 0.344 e. The zero-order valence-electron chi connectivity index (χ0n) is 16.4. The van der Waals surface area contributed by atoms with Crippen LogP contribution in [0.5, 0.6) is 17.2 Å². The van der Waals surface area contributed by atoms with Crippen molar-refractivity contribution in [3.8, 4) is 17.2 Å². The number of hydrogen-bond donors (Lipinski definition) is 1. The normalized spacial score (nSPS) is 11.8. The number of Topliss-reactive ketones (excluding diaryl/α,β-unsaturated/α-hetero) is 1. The number of rotatable bonds is 9. The first kappa shape index (κ1) is 20.3. The summed E-state index contributed by atoms with van der Waals surface area (Å²) in [6.45, 7) is 1.36. The number of carboxylic acid groups (broad SMARTS) is 1. The fraction of sp³-hybridized carbons (Fsp3) is 0.273. The van der Waals surface area contributed by atoms with Crippen LogP contribution < -0.4 is 14.2 Å². The molecule has 3 rings (SSSR count). The van der Waals surface area contributed by atoms with E-state index in [1.807, 2.05) is 30.3 Å². The monoisotopic (exact) mass is 398 g/mol. The van der Waals surface area contributed by atoms with Gasteiger partial charge in [-0.3, -0.25) is 4.79 Å². The Balaban J connectivity index is 2.05. The van der Waals surface area contributed by atoms with E-state index in [1.54, 1.807) is 6.07 Å². The Hall–Kier alpha value is -3.48. The van der Waals surface area contributed by atoms with Gasteiger partial charge in [-0.05, 0) is 31.4 Å². The minimum absolute atomic E-state index is 0.000221. The van der Waals surface area contributed by atoms with Gasteiger partial charge < -0.3 is 23.7 Å². The summed E-state index contributed by atoms with van der Waals surface area (Å²) in [5, 5.41) is 10.2. The molecule has 1 heterocycles. The van der Waals surface area contributed by atoms with Gasteiger partial charge in [0.15, 0.2) is 23.2 Å². The van der Waals surface area contributed by atoms with Gasteiger partial charge in [-0.2, -0.15) is 0 Å². The molecule has 1 atom stereocenters. The first-order chi connectivity index (χ1) is 14.0. The van der Waals surface area contributed by atoms with Crippen molar-refractivity contribution < 1.29 is 33.3 Å². The third-order valence-electron chi connectivity index (χ3n) is 4.61. The molecule has 3 aromatic rings. The molecule has 152 valence electrons. The molecule has 0 saturated carbocycles. The van der Waals surface area contributed by atoms with Crippen molar-refractivity contribution in [1.29, 1.82) is 0 Å². The van der Waals surface area contributed by atoms with Gasteiger partial charge in [-0.15, -0.1) is 0 Å². The molecule has 1 aromatic heterocycles. The fourth-order valence-electron chi connectivity index (χ4n) is 3.27. The number of carboxylic acids is 1. The van der Waals surface area contributed by atoms with E-state index < -0.39 is 12.1 Å². The van der Waals surface area contributed by atoms with Gasteiger partial charge in [0.2, 0.25) is 5.75 Å². The molecule has 0 fully saturated rings. The molecule has 0 saturated heterocycles. The lowest BCUT2D eigenvalue weighted by Crippen LogP contribution is -2.28. The number of carbonyl (C=O) groups excluding carboxylic acids is 1. The number of hydrogen-bond acceptors (Lipinski definition) is 6. The highest BCUT2D eigenvalue weighted by Crippen LogP contribution is 2.47. The minimum atomic E-state index is -1.20. The van der Waals surface area contributed by atoms with Gasteiger partial charge >= 0.3 is 5.97 Å². The number of carbonyl (C=O) groups is 2. The predicted molar refractivity (Wildman–Crippen MR) is 106 cm³/mol. The first-order valence-electron chi connectivity index (χ1n) is 9.07. The number of ether oxygens (including phenoxy) is 3. The molecule has 0 radical (unpaired) electrons. The highest BCUT2D eigenvalue weighted by molar-refractivity contribution is 6.08. The lowest BCUT2D eigenvalue weighted by molar-refractivity contribution is -0.145. The van der Waals surface area contributed by atoms with E-state index in [9.17, 15) is 14.7 Å². The number of ketones is 1. The Kier molecular flexibility index (Phi) is 6.07. The number of aliphatic carboxylic acids is 1. The van der Waals surface area contributed by atoms with E-state index in [0.29, 0.717) is 17.4 Å². The van der Waals surface area contributed by atoms with Crippen LogP contribution in [0.2, 0.25) is 0 Å². The summed E-state index contributed by atoms with van der Waals surface area (Å²) in [5.41, 5.74) is 1.42. The van der Waals surface area contributed by atoms with Crippen LogP contribution in [0.3, 0.4) is 0 Å². The molecule has 1 N–H and O–H groups in total. The van der Waals surface area contributed by atoms with Gasteiger partial charge in [-0.1, -0.05) is 30.3 Å². The second kappa shape index (κ2) is 8.68. The Morgan fingerprint density at radius 3 is 2.31 bits per heavy atom. The highest BCUT2D eigenvalue weighted by Gasteiger charge is 2.30. The molecular formula is C22H22O7. The minimum Gasteiger partial charge on any atom is -0.495 e. The molecule has 0 spiro atoms. The Bertz CT molecular complexity index is 1020. The lowest BCUT2D eigenvalue weighted by atomic mass is 10.0. The van der Waals surface area contributed by atoms with Gasteiger partial charge in [-0.25, -0.2) is 4.79 Å². The molecule has 0 bridgehead atoms. The quantitative estimate of drug-likeness (QED) is 0.542. The summed E-state index contributed by atoms with van der Waals surface area (Å²) >= 11 is 0. The van der Waals surface area contributed by atoms with Crippen LogP contribution >= 0.6 is 0 Å². The van der Waals surface area contributed by atoms with Gasteiger partial charge in [0.1, 0.15) is 11.3 Å². The van der Waals surface area contributed by atoms with Crippen LogP contribution in [0.15, 0.2) is 47.1 Å². The molecule has 7 heteroatoms. The van der Waals surface area contributed by atoms with E-state index in [4.69, 9.17) is 18.6 Å². The second-order valence-electron chi connectivity index (χ2n) is 6.46. The summed E-state index contributed by atoms with van der Waals surface area (Å²) < 4.78 is 22.2. The van der Waals surface area contributed by atoms with Crippen LogP contribution in [0, 0.1) is 0 Å². The third kappa shape index (κ3) is 4.03. The standard InChI is InChI=1S/C22H22O7/c1-13(23)17-18(26-2)15-11-12-28-19(15)21(27-3)20(17)29-16(22(24)25)10-9-14-7-5-4-6-8-14/h4-8,11-12,16H,9-10H2,1-3H3,(H,24,25). The molecule has 0 aliphatic heterocycles. The van der Waals surface area contributed by atoms with E-state index in [2.05, 4.69) is 0 Å². The molecule has 29 heavy (non-hydrogen) atoms. The number of fused-ring (bicyclic) bond motifs is 1. The van der Waals surface area contributed by atoms with Crippen molar-refractivity contribution in [3.05, 3.63) is 53.8 Å². The maximum atomic E-state index is 12.4. The zero-order chi connectivity index (χ0) is 21.0. The van der Waals surface area contributed by atoms with Gasteiger partial charge in [0.25, 0.3) is 0 Å². The summed E-state index contributed by atoms with van der Waals surface area (Å²) in [7, 11) is 2.83. The largest absolute Gasteiger partial charge is 0.495 e. The molecular weight excluding hydrogens is 376 g/mol. The van der Waals surface area contributed by atoms with E-state index in [1.165, 1.54) is 27.4 Å². The van der Waals surface area contributed by atoms with E-state index in [-0.39, 0.29) is 35.0 Å². The van der Waals surface area contributed by atoms with Crippen LogP contribution in [-0.4, -0.2) is 37.2 Å². The van der Waals surface area contributed by atoms with Crippen molar-refractivity contribution in [3.63, 3.8) is 0 Å². The third-order valence-corrected chi connectivity index (χ3v) is 4.61. The second-order valence-corrected chi connectivity index (χ2v) is 6.46. The Morgan fingerprint density at radius 1 is 1.03 bits per heavy atom. The van der Waals surface area contributed by atoms with Crippen molar-refractivity contribution >= 4 is 22.7 Å². The molecule has 0 aliphatic rings. The first-order valence-corrected chi connectivity index (χ1v) is 9.07. The van der Waals surface area contributed by atoms with E-state index >= 15 is 0 Å². The summed E-state index contributed by atoms with van der Waals surface area (Å²) in [6, 6.07) is 11.1. The van der Waals surface area contributed by atoms with Gasteiger partial charge in [0, 0.05) is 0 Å². The summed E-state index contributed by atoms with van der Waals surface area (Å²) in [4.78, 5) is 24.3. The van der Waals surface area contributed by atoms with Crippen molar-refractivity contribution in [2.45, 2.75) is 25.9 Å². The topological polar surface area (TPSA) is 95.2 Å². The Labute approximate surface area is 167 Å². The maximum absolute atomic E-state index is 12.4. The average Bonchev–Trinajstić information content (AvgIpc) is 3.19. The smallest absolute Gasteiger partial charge is 0.344 e. The zero-order valence-corrected chi connectivity index (χ0v) is 16.4. The molecule has 0 aliphatic carbocycles. The molecule has 1 unspecified atom stereocenters. The average molecular weight is 398 g/mol. The van der Waals surface area contributed by atoms with Crippen molar-refractivity contribution in [1.82, 2.24) is 0 Å². The van der Waals surface area contributed by atoms with Crippen molar-refractivity contribution in [2.75, 3.05) is 14.2 Å². The molecule has 7 nitrogen and oxygen atoms in total. The lowest BCUT2D eigenvalue weighted by Gasteiger charge is -2.21. The number of methoxy groups -OCH3 is 2. The molecule has 0 amide bonds. The van der Waals surface area contributed by atoms with Crippen molar-refractivity contribution in [2.24, 2.45) is 0 Å². The molecule has 2 aromatic carbocycles. The number of aryl methyl sites for hydroxylation is 1. The Morgan fingerprint density at radius 2 is 1.72 bits per heavy atom. The predicted octanol–water partition coefficient (Wildman–Crippen LogP) is 4.12. The van der Waals surface area contributed by atoms with Crippen LogP contribution in [0.25, 0.3) is 11.0 Å². The summed E-state index contributed by atoms with van der Waals surface area (Å²) in [6.07, 6.45) is 0.945.